The number of aliphatic hydroxyl groups is 1. The molecule has 1 aliphatic rings. The van der Waals surface area contributed by atoms with Gasteiger partial charge in [0.15, 0.2) is 0 Å². The van der Waals surface area contributed by atoms with E-state index in [4.69, 9.17) is 5.11 Å². The lowest BCUT2D eigenvalue weighted by atomic mass is 9.92. The number of benzene rings is 1. The lowest BCUT2D eigenvalue weighted by molar-refractivity contribution is -0.142. The molecule has 0 fully saturated rings. The van der Waals surface area contributed by atoms with Crippen LogP contribution in [-0.4, -0.2) is 16.2 Å². The van der Waals surface area contributed by atoms with Crippen molar-refractivity contribution in [2.24, 2.45) is 0 Å². The summed E-state index contributed by atoms with van der Waals surface area (Å²) in [7, 11) is 0. The van der Waals surface area contributed by atoms with Crippen molar-refractivity contribution < 1.29 is 19.4 Å². The fourth-order valence-corrected chi connectivity index (χ4v) is 2.80. The second-order valence-electron chi connectivity index (χ2n) is 4.02. The lowest BCUT2D eigenvalue weighted by Gasteiger charge is -2.21. The summed E-state index contributed by atoms with van der Waals surface area (Å²) in [6, 6.07) is 2.54. The van der Waals surface area contributed by atoms with E-state index >= 15 is 0 Å². The van der Waals surface area contributed by atoms with Crippen molar-refractivity contribution in [3.63, 3.8) is 0 Å². The molecule has 3 nitrogen and oxygen atoms in total. The van der Waals surface area contributed by atoms with Gasteiger partial charge in [0, 0.05) is 4.47 Å². The van der Waals surface area contributed by atoms with Crippen LogP contribution in [0.1, 0.15) is 24.0 Å². The third kappa shape index (κ3) is 1.85. The monoisotopic (exact) mass is 288 g/mol. The van der Waals surface area contributed by atoms with Gasteiger partial charge in [-0.3, -0.25) is 4.79 Å². The molecular formula is C11H10BrFO3. The molecule has 1 aliphatic carbocycles. The SMILES string of the molecule is O=C(O)CC1(O)CCc2c(Br)cc(F)cc21. The van der Waals surface area contributed by atoms with Gasteiger partial charge in [-0.1, -0.05) is 15.9 Å². The summed E-state index contributed by atoms with van der Waals surface area (Å²) in [6.45, 7) is 0. The molecule has 0 bridgehead atoms. The average molecular weight is 289 g/mol. The van der Waals surface area contributed by atoms with Crippen LogP contribution in [0.3, 0.4) is 0 Å². The van der Waals surface area contributed by atoms with E-state index in [-0.39, 0.29) is 0 Å². The fourth-order valence-electron chi connectivity index (χ4n) is 2.17. The molecule has 0 aliphatic heterocycles. The summed E-state index contributed by atoms with van der Waals surface area (Å²) < 4.78 is 13.8. The maximum atomic E-state index is 13.2. The van der Waals surface area contributed by atoms with Crippen molar-refractivity contribution in [2.45, 2.75) is 24.9 Å². The molecule has 5 heteroatoms. The first kappa shape index (κ1) is 11.5. The van der Waals surface area contributed by atoms with Gasteiger partial charge in [-0.05, 0) is 36.1 Å². The van der Waals surface area contributed by atoms with Gasteiger partial charge in [-0.2, -0.15) is 0 Å². The highest BCUT2D eigenvalue weighted by molar-refractivity contribution is 9.10. The molecular weight excluding hydrogens is 279 g/mol. The molecule has 0 saturated carbocycles. The topological polar surface area (TPSA) is 57.5 Å². The van der Waals surface area contributed by atoms with E-state index in [1.165, 1.54) is 12.1 Å². The summed E-state index contributed by atoms with van der Waals surface area (Å²) in [6.07, 6.45) is 0.479. The minimum Gasteiger partial charge on any atom is -0.481 e. The van der Waals surface area contributed by atoms with E-state index in [1.54, 1.807) is 0 Å². The smallest absolute Gasteiger partial charge is 0.306 e. The summed E-state index contributed by atoms with van der Waals surface area (Å²) in [5.41, 5.74) is -0.252. The zero-order valence-corrected chi connectivity index (χ0v) is 9.92. The Bertz CT molecular complexity index is 461. The van der Waals surface area contributed by atoms with E-state index in [1.807, 2.05) is 0 Å². The van der Waals surface area contributed by atoms with Crippen molar-refractivity contribution in [3.8, 4) is 0 Å². The molecule has 2 N–H and O–H groups in total. The Morgan fingerprint density at radius 2 is 2.25 bits per heavy atom. The first-order valence-corrected chi connectivity index (χ1v) is 5.64. The molecule has 0 heterocycles. The van der Waals surface area contributed by atoms with Crippen LogP contribution in [0.15, 0.2) is 16.6 Å². The summed E-state index contributed by atoms with van der Waals surface area (Å²) in [4.78, 5) is 10.7. The van der Waals surface area contributed by atoms with Gasteiger partial charge in [-0.25, -0.2) is 4.39 Å². The van der Waals surface area contributed by atoms with E-state index in [9.17, 15) is 14.3 Å². The summed E-state index contributed by atoms with van der Waals surface area (Å²) in [5, 5.41) is 18.9. The van der Waals surface area contributed by atoms with Crippen LogP contribution in [0.2, 0.25) is 0 Å². The predicted molar refractivity (Wildman–Crippen MR) is 58.6 cm³/mol. The molecule has 0 saturated heterocycles. The van der Waals surface area contributed by atoms with E-state index < -0.39 is 23.8 Å². The number of fused-ring (bicyclic) bond motifs is 1. The standard InChI is InChI=1S/C11H10BrFO3/c12-9-4-6(13)3-8-7(9)1-2-11(8,16)5-10(14)15/h3-4,16H,1-2,5H2,(H,14,15). The molecule has 1 aromatic rings. The Balaban J connectivity index is 2.49. The highest BCUT2D eigenvalue weighted by atomic mass is 79.9. The van der Waals surface area contributed by atoms with Gasteiger partial charge in [-0.15, -0.1) is 0 Å². The molecule has 0 amide bonds. The first-order valence-electron chi connectivity index (χ1n) is 4.85. The number of rotatable bonds is 2. The van der Waals surface area contributed by atoms with Crippen LogP contribution in [0, 0.1) is 5.82 Å². The number of aliphatic carboxylic acids is 1. The molecule has 2 rings (SSSR count). The van der Waals surface area contributed by atoms with Crippen LogP contribution >= 0.6 is 15.9 Å². The fraction of sp³-hybridized carbons (Fsp3) is 0.364. The zero-order chi connectivity index (χ0) is 11.9. The molecule has 16 heavy (non-hydrogen) atoms. The van der Waals surface area contributed by atoms with Crippen molar-refractivity contribution in [2.75, 3.05) is 0 Å². The highest BCUT2D eigenvalue weighted by Crippen LogP contribution is 2.42. The van der Waals surface area contributed by atoms with E-state index in [0.29, 0.717) is 22.9 Å². The van der Waals surface area contributed by atoms with Gasteiger partial charge in [0.2, 0.25) is 0 Å². The molecule has 0 aromatic heterocycles. The van der Waals surface area contributed by atoms with Gasteiger partial charge in [0.05, 0.1) is 6.42 Å². The third-order valence-corrected chi connectivity index (χ3v) is 3.60. The van der Waals surface area contributed by atoms with Crippen LogP contribution in [-0.2, 0) is 16.8 Å². The van der Waals surface area contributed by atoms with Gasteiger partial charge in [0.1, 0.15) is 11.4 Å². The van der Waals surface area contributed by atoms with Crippen molar-refractivity contribution >= 4 is 21.9 Å². The normalized spacial score (nSPS) is 23.2. The molecule has 86 valence electrons. The van der Waals surface area contributed by atoms with Gasteiger partial charge < -0.3 is 10.2 Å². The highest BCUT2D eigenvalue weighted by Gasteiger charge is 2.39. The van der Waals surface area contributed by atoms with Gasteiger partial charge in [0.25, 0.3) is 0 Å². The maximum absolute atomic E-state index is 13.2. The largest absolute Gasteiger partial charge is 0.481 e. The Morgan fingerprint density at radius 3 is 2.88 bits per heavy atom. The molecule has 0 spiro atoms. The molecule has 0 radical (unpaired) electrons. The van der Waals surface area contributed by atoms with Crippen molar-refractivity contribution in [3.05, 3.63) is 33.5 Å². The second kappa shape index (κ2) is 3.82. The molecule has 1 aromatic carbocycles. The number of halogens is 2. The quantitative estimate of drug-likeness (QED) is 0.877. The Labute approximate surface area is 100 Å². The Hall–Kier alpha value is -0.940. The van der Waals surface area contributed by atoms with E-state index in [2.05, 4.69) is 15.9 Å². The van der Waals surface area contributed by atoms with Crippen LogP contribution in [0.4, 0.5) is 4.39 Å². The Kier molecular flexibility index (Phi) is 2.75. The number of hydrogen-bond acceptors (Lipinski definition) is 2. The van der Waals surface area contributed by atoms with Crippen LogP contribution in [0.25, 0.3) is 0 Å². The van der Waals surface area contributed by atoms with E-state index in [0.717, 1.165) is 5.56 Å². The number of carboxylic acids is 1. The van der Waals surface area contributed by atoms with Crippen molar-refractivity contribution in [1.29, 1.82) is 0 Å². The number of hydrogen-bond donors (Lipinski definition) is 2. The second-order valence-corrected chi connectivity index (χ2v) is 4.87. The lowest BCUT2D eigenvalue weighted by Crippen LogP contribution is -2.26. The first-order chi connectivity index (χ1) is 7.42. The minimum absolute atomic E-state index is 0.316. The van der Waals surface area contributed by atoms with Crippen molar-refractivity contribution in [1.82, 2.24) is 0 Å². The maximum Gasteiger partial charge on any atom is 0.306 e. The Morgan fingerprint density at radius 1 is 1.56 bits per heavy atom. The zero-order valence-electron chi connectivity index (χ0n) is 8.33. The summed E-state index contributed by atoms with van der Waals surface area (Å²) >= 11 is 3.22. The minimum atomic E-state index is -1.44. The molecule has 1 unspecified atom stereocenters. The van der Waals surface area contributed by atoms with Gasteiger partial charge >= 0.3 is 5.97 Å². The predicted octanol–water partition coefficient (Wildman–Crippen LogP) is 2.20. The third-order valence-electron chi connectivity index (χ3n) is 2.89. The van der Waals surface area contributed by atoms with Crippen LogP contribution < -0.4 is 0 Å². The average Bonchev–Trinajstić information content (AvgIpc) is 2.43. The number of carbonyl (C=O) groups is 1. The number of carboxylic acid groups (broad SMARTS) is 1. The summed E-state index contributed by atoms with van der Waals surface area (Å²) in [5.74, 6) is -1.56. The molecule has 1 atom stereocenters. The van der Waals surface area contributed by atoms with Crippen LogP contribution in [0.5, 0.6) is 0 Å².